The van der Waals surface area contributed by atoms with Gasteiger partial charge in [-0.3, -0.25) is 9.79 Å². The third kappa shape index (κ3) is 32.3. The van der Waals surface area contributed by atoms with E-state index in [1.807, 2.05) is 0 Å². The Morgan fingerprint density at radius 1 is 1.27 bits per heavy atom. The van der Waals surface area contributed by atoms with Crippen LogP contribution in [-0.4, -0.2) is 29.2 Å². The van der Waals surface area contributed by atoms with Crippen LogP contribution in [-0.2, 0) is 14.0 Å². The molecule has 0 fully saturated rings. The van der Waals surface area contributed by atoms with Gasteiger partial charge < -0.3 is 9.47 Å². The maximum absolute atomic E-state index is 10.4. The minimum Gasteiger partial charge on any atom is -0.430 e. The third-order valence-electron chi connectivity index (χ3n) is 0.638. The second-order valence-corrected chi connectivity index (χ2v) is 2.87. The molecule has 0 aromatic rings. The number of rotatable bonds is 4. The van der Waals surface area contributed by atoms with Gasteiger partial charge in [-0.15, -0.1) is 4.20 Å². The minimum atomic E-state index is -5.14. The van der Waals surface area contributed by atoms with Crippen LogP contribution in [0.1, 0.15) is 0 Å². The molecule has 0 atom stereocenters. The average Bonchev–Trinajstić information content (AvgIpc) is 2.08. The lowest BCUT2D eigenvalue weighted by atomic mass is 10.7. The summed E-state index contributed by atoms with van der Waals surface area (Å²) in [5, 5.41) is 0. The van der Waals surface area contributed by atoms with Crippen molar-refractivity contribution in [2.45, 2.75) is 0 Å². The maximum atomic E-state index is 10.4. The fraction of sp³-hybridized carbons (Fsp3) is 0.286. The third-order valence-corrected chi connectivity index (χ3v) is 0.638. The highest BCUT2D eigenvalue weighted by atomic mass is 31.2. The van der Waals surface area contributed by atoms with E-state index in [9.17, 15) is 8.99 Å². The average molecular weight is 242 g/mol. The Labute approximate surface area is 86.3 Å². The summed E-state index contributed by atoms with van der Waals surface area (Å²) in [6.45, 7) is 7.07. The van der Waals surface area contributed by atoms with E-state index in [4.69, 9.17) is 14.4 Å². The van der Waals surface area contributed by atoms with Crippen LogP contribution in [0.4, 0.5) is 8.99 Å². The van der Waals surface area contributed by atoms with Crippen molar-refractivity contribution in [2.24, 2.45) is 0 Å². The Morgan fingerprint density at radius 2 is 1.53 bits per heavy atom. The zero-order valence-corrected chi connectivity index (χ0v) is 8.73. The molecule has 0 saturated heterocycles. The van der Waals surface area contributed by atoms with E-state index in [0.29, 0.717) is 0 Å². The predicted molar refractivity (Wildman–Crippen MR) is 50.8 cm³/mol. The van der Waals surface area contributed by atoms with E-state index in [2.05, 4.69) is 22.6 Å². The molecular weight excluding hydrogens is 230 g/mol. The molecule has 0 aromatic heterocycles. The first-order chi connectivity index (χ1) is 6.81. The van der Waals surface area contributed by atoms with Crippen LogP contribution in [0.15, 0.2) is 25.3 Å². The van der Waals surface area contributed by atoms with Gasteiger partial charge in [0.15, 0.2) is 0 Å². The Hall–Kier alpha value is -1.17. The highest BCUT2D eigenvalue weighted by Crippen LogP contribution is 2.34. The SMILES string of the molecule is C=CCOC(=O)OCC=C.O=P(O)(O)F. The van der Waals surface area contributed by atoms with Crippen LogP contribution >= 0.6 is 7.91 Å². The first-order valence-electron chi connectivity index (χ1n) is 3.57. The van der Waals surface area contributed by atoms with Crippen LogP contribution in [0.2, 0.25) is 0 Å². The van der Waals surface area contributed by atoms with Crippen molar-refractivity contribution in [1.29, 1.82) is 0 Å². The summed E-state index contributed by atoms with van der Waals surface area (Å²) in [5.74, 6) is 0. The summed E-state index contributed by atoms with van der Waals surface area (Å²) >= 11 is 0. The lowest BCUT2D eigenvalue weighted by Crippen LogP contribution is -2.06. The summed E-state index contributed by atoms with van der Waals surface area (Å²) in [6, 6.07) is 0. The summed E-state index contributed by atoms with van der Waals surface area (Å²) in [7, 11) is -5.14. The standard InChI is InChI=1S/C7H10O3.FH2O3P/c1-3-5-9-7(8)10-6-4-2;1-5(2,3)4/h3-4H,1-2,5-6H2;(H2,2,3,4). The second kappa shape index (κ2) is 9.39. The zero-order valence-electron chi connectivity index (χ0n) is 7.84. The van der Waals surface area contributed by atoms with E-state index in [0.717, 1.165) is 0 Å². The molecule has 6 nitrogen and oxygen atoms in total. The molecular formula is C7H12FO6P. The lowest BCUT2D eigenvalue weighted by molar-refractivity contribution is 0.0718. The number of ether oxygens (including phenoxy) is 2. The van der Waals surface area contributed by atoms with Gasteiger partial charge in [-0.25, -0.2) is 9.36 Å². The topological polar surface area (TPSA) is 93.1 Å². The molecule has 0 bridgehead atoms. The van der Waals surface area contributed by atoms with E-state index >= 15 is 0 Å². The van der Waals surface area contributed by atoms with Crippen LogP contribution in [0.3, 0.4) is 0 Å². The molecule has 88 valence electrons. The quantitative estimate of drug-likeness (QED) is 0.441. The Bertz CT molecular complexity index is 226. The van der Waals surface area contributed by atoms with Gasteiger partial charge in [-0.2, -0.15) is 0 Å². The Morgan fingerprint density at radius 3 is 1.73 bits per heavy atom. The van der Waals surface area contributed by atoms with Crippen molar-refractivity contribution in [1.82, 2.24) is 0 Å². The molecule has 0 aliphatic rings. The molecule has 0 amide bonds. The molecule has 0 radical (unpaired) electrons. The smallest absolute Gasteiger partial charge is 0.430 e. The van der Waals surface area contributed by atoms with E-state index in [1.165, 1.54) is 12.2 Å². The van der Waals surface area contributed by atoms with Crippen molar-refractivity contribution in [3.63, 3.8) is 0 Å². The van der Waals surface area contributed by atoms with Crippen LogP contribution in [0.5, 0.6) is 0 Å². The largest absolute Gasteiger partial charge is 0.508 e. The number of carbonyl (C=O) groups excluding carboxylic acids is 1. The predicted octanol–water partition coefficient (Wildman–Crippen LogP) is 1.56. The molecule has 0 aromatic carbocycles. The molecule has 0 rings (SSSR count). The number of halogens is 1. The second-order valence-electron chi connectivity index (χ2n) is 1.92. The molecule has 0 heterocycles. The first-order valence-corrected chi connectivity index (χ1v) is 5.08. The van der Waals surface area contributed by atoms with Gasteiger partial charge in [-0.05, 0) is 0 Å². The Kier molecular flexibility index (Phi) is 10.2. The summed E-state index contributed by atoms with van der Waals surface area (Å²) in [4.78, 5) is 24.4. The van der Waals surface area contributed by atoms with E-state index in [-0.39, 0.29) is 13.2 Å². The molecule has 0 aliphatic carbocycles. The summed E-state index contributed by atoms with van der Waals surface area (Å²) < 4.78 is 27.9. The fourth-order valence-electron chi connectivity index (χ4n) is 0.296. The molecule has 0 spiro atoms. The van der Waals surface area contributed by atoms with Crippen LogP contribution < -0.4 is 0 Å². The van der Waals surface area contributed by atoms with Crippen LogP contribution in [0, 0.1) is 0 Å². The summed E-state index contributed by atoms with van der Waals surface area (Å²) in [5.41, 5.74) is 0. The molecule has 0 saturated carbocycles. The van der Waals surface area contributed by atoms with E-state index in [1.54, 1.807) is 0 Å². The van der Waals surface area contributed by atoms with Crippen molar-refractivity contribution < 1.29 is 32.8 Å². The first kappa shape index (κ1) is 16.3. The molecule has 2 N–H and O–H groups in total. The highest BCUT2D eigenvalue weighted by molar-refractivity contribution is 7.45. The van der Waals surface area contributed by atoms with Crippen molar-refractivity contribution >= 4 is 14.1 Å². The van der Waals surface area contributed by atoms with Crippen molar-refractivity contribution in [3.05, 3.63) is 25.3 Å². The molecule has 15 heavy (non-hydrogen) atoms. The monoisotopic (exact) mass is 242 g/mol. The van der Waals surface area contributed by atoms with Crippen LogP contribution in [0.25, 0.3) is 0 Å². The number of hydrogen-bond acceptors (Lipinski definition) is 4. The van der Waals surface area contributed by atoms with Crippen molar-refractivity contribution in [3.8, 4) is 0 Å². The molecule has 0 aliphatic heterocycles. The number of carbonyl (C=O) groups is 1. The van der Waals surface area contributed by atoms with Gasteiger partial charge in [-0.1, -0.05) is 25.3 Å². The van der Waals surface area contributed by atoms with Gasteiger partial charge in [0.2, 0.25) is 0 Å². The minimum absolute atomic E-state index is 0.177. The van der Waals surface area contributed by atoms with Gasteiger partial charge >= 0.3 is 14.1 Å². The fourth-order valence-corrected chi connectivity index (χ4v) is 0.296. The summed E-state index contributed by atoms with van der Waals surface area (Å²) in [6.07, 6.45) is 2.24. The molecule has 0 unspecified atom stereocenters. The zero-order chi connectivity index (χ0) is 12.3. The van der Waals surface area contributed by atoms with Gasteiger partial charge in [0.25, 0.3) is 0 Å². The van der Waals surface area contributed by atoms with Gasteiger partial charge in [0, 0.05) is 0 Å². The van der Waals surface area contributed by atoms with Crippen molar-refractivity contribution in [2.75, 3.05) is 13.2 Å². The van der Waals surface area contributed by atoms with Gasteiger partial charge in [0.05, 0.1) is 0 Å². The van der Waals surface area contributed by atoms with Gasteiger partial charge in [0.1, 0.15) is 13.2 Å². The highest BCUT2D eigenvalue weighted by Gasteiger charge is 2.04. The van der Waals surface area contributed by atoms with E-state index < -0.39 is 14.1 Å². The normalized spacial score (nSPS) is 9.27. The lowest BCUT2D eigenvalue weighted by Gasteiger charge is -1.99. The number of hydrogen-bond donors (Lipinski definition) is 2. The Balaban J connectivity index is 0. The maximum Gasteiger partial charge on any atom is 0.508 e. The molecule has 8 heteroatoms.